The van der Waals surface area contributed by atoms with Crippen LogP contribution in [0.1, 0.15) is 22.4 Å². The number of aryl methyl sites for hydroxylation is 1. The summed E-state index contributed by atoms with van der Waals surface area (Å²) >= 11 is 0. The Morgan fingerprint density at radius 3 is 2.27 bits per heavy atom. The predicted molar refractivity (Wildman–Crippen MR) is 106 cm³/mol. The van der Waals surface area contributed by atoms with Gasteiger partial charge < -0.3 is 4.57 Å². The minimum absolute atomic E-state index is 0.0203. The van der Waals surface area contributed by atoms with E-state index in [0.29, 0.717) is 18.7 Å². The summed E-state index contributed by atoms with van der Waals surface area (Å²) in [5.41, 5.74) is 5.70. The zero-order valence-corrected chi connectivity index (χ0v) is 14.7. The molecule has 128 valence electrons. The molecule has 0 radical (unpaired) electrons. The van der Waals surface area contributed by atoms with Gasteiger partial charge in [-0.25, -0.2) is 4.98 Å². The molecule has 0 fully saturated rings. The molecule has 0 amide bonds. The maximum Gasteiger partial charge on any atom is 0.273 e. The highest BCUT2D eigenvalue weighted by Gasteiger charge is 2.12. The fourth-order valence-electron chi connectivity index (χ4n) is 3.18. The van der Waals surface area contributed by atoms with E-state index < -0.39 is 0 Å². The van der Waals surface area contributed by atoms with E-state index in [2.05, 4.69) is 36.2 Å². The SMILES string of the molecule is Cc1ccc(Cc2nc3ccccc3n(Cc3ccccc3)c2=O)cc1. The van der Waals surface area contributed by atoms with Gasteiger partial charge >= 0.3 is 0 Å². The summed E-state index contributed by atoms with van der Waals surface area (Å²) in [7, 11) is 0. The monoisotopic (exact) mass is 340 g/mol. The summed E-state index contributed by atoms with van der Waals surface area (Å²) in [4.78, 5) is 17.8. The maximum atomic E-state index is 13.2. The van der Waals surface area contributed by atoms with Crippen molar-refractivity contribution < 1.29 is 0 Å². The molecule has 0 atom stereocenters. The lowest BCUT2D eigenvalue weighted by Crippen LogP contribution is -2.26. The van der Waals surface area contributed by atoms with Gasteiger partial charge in [0.2, 0.25) is 0 Å². The molecule has 0 spiro atoms. The summed E-state index contributed by atoms with van der Waals surface area (Å²) in [6.07, 6.45) is 0.540. The number of benzene rings is 3. The van der Waals surface area contributed by atoms with Crippen LogP contribution in [0.25, 0.3) is 11.0 Å². The van der Waals surface area contributed by atoms with Crippen LogP contribution in [0.15, 0.2) is 83.7 Å². The number of fused-ring (bicyclic) bond motifs is 1. The molecule has 26 heavy (non-hydrogen) atoms. The second-order valence-corrected chi connectivity index (χ2v) is 6.59. The van der Waals surface area contributed by atoms with E-state index in [1.165, 1.54) is 5.56 Å². The van der Waals surface area contributed by atoms with Crippen molar-refractivity contribution in [1.29, 1.82) is 0 Å². The van der Waals surface area contributed by atoms with E-state index in [1.54, 1.807) is 0 Å². The van der Waals surface area contributed by atoms with Crippen molar-refractivity contribution in [2.45, 2.75) is 19.9 Å². The maximum absolute atomic E-state index is 13.2. The Bertz CT molecular complexity index is 1100. The standard InChI is InChI=1S/C23H20N2O/c1-17-11-13-18(14-12-17)15-21-23(26)25(16-19-7-3-2-4-8-19)22-10-6-5-9-20(22)24-21/h2-14H,15-16H2,1H3. The van der Waals surface area contributed by atoms with Gasteiger partial charge in [-0.15, -0.1) is 0 Å². The van der Waals surface area contributed by atoms with Gasteiger partial charge in [-0.3, -0.25) is 4.79 Å². The summed E-state index contributed by atoms with van der Waals surface area (Å²) in [5.74, 6) is 0. The molecule has 0 unspecified atom stereocenters. The summed E-state index contributed by atoms with van der Waals surface area (Å²) in [6, 6.07) is 26.2. The molecule has 1 aromatic heterocycles. The van der Waals surface area contributed by atoms with Crippen molar-refractivity contribution in [3.05, 3.63) is 112 Å². The van der Waals surface area contributed by atoms with Crippen molar-refractivity contribution in [3.63, 3.8) is 0 Å². The van der Waals surface area contributed by atoms with Crippen LogP contribution >= 0.6 is 0 Å². The third-order valence-electron chi connectivity index (χ3n) is 4.60. The predicted octanol–water partition coefficient (Wildman–Crippen LogP) is 4.34. The van der Waals surface area contributed by atoms with Crippen molar-refractivity contribution in [2.24, 2.45) is 0 Å². The largest absolute Gasteiger partial charge is 0.301 e. The fraction of sp³-hybridized carbons (Fsp3) is 0.130. The molecule has 0 aliphatic rings. The first-order valence-corrected chi connectivity index (χ1v) is 8.78. The fourth-order valence-corrected chi connectivity index (χ4v) is 3.18. The number of nitrogens with zero attached hydrogens (tertiary/aromatic N) is 2. The van der Waals surface area contributed by atoms with E-state index in [1.807, 2.05) is 59.2 Å². The zero-order valence-electron chi connectivity index (χ0n) is 14.7. The molecule has 0 aliphatic carbocycles. The Kier molecular flexibility index (Phi) is 4.36. The van der Waals surface area contributed by atoms with Crippen LogP contribution < -0.4 is 5.56 Å². The highest BCUT2D eigenvalue weighted by atomic mass is 16.1. The van der Waals surface area contributed by atoms with Crippen LogP contribution in [-0.2, 0) is 13.0 Å². The average Bonchev–Trinajstić information content (AvgIpc) is 2.67. The second-order valence-electron chi connectivity index (χ2n) is 6.59. The third kappa shape index (κ3) is 3.29. The van der Waals surface area contributed by atoms with Crippen LogP contribution in [0.5, 0.6) is 0 Å². The number of rotatable bonds is 4. The normalized spacial score (nSPS) is 11.0. The molecule has 3 nitrogen and oxygen atoms in total. The minimum Gasteiger partial charge on any atom is -0.301 e. The van der Waals surface area contributed by atoms with Crippen molar-refractivity contribution in [1.82, 2.24) is 9.55 Å². The number of para-hydroxylation sites is 2. The Morgan fingerprint density at radius 2 is 1.50 bits per heavy atom. The highest BCUT2D eigenvalue weighted by Crippen LogP contribution is 2.14. The van der Waals surface area contributed by atoms with Crippen LogP contribution in [0.3, 0.4) is 0 Å². The number of aromatic nitrogens is 2. The second kappa shape index (κ2) is 6.96. The van der Waals surface area contributed by atoms with E-state index in [4.69, 9.17) is 0 Å². The molecule has 1 heterocycles. The van der Waals surface area contributed by atoms with E-state index in [9.17, 15) is 4.79 Å². The Hall–Kier alpha value is -3.20. The summed E-state index contributed by atoms with van der Waals surface area (Å²) < 4.78 is 1.83. The smallest absolute Gasteiger partial charge is 0.273 e. The first kappa shape index (κ1) is 16.3. The van der Waals surface area contributed by atoms with Gasteiger partial charge in [0.25, 0.3) is 5.56 Å². The molecule has 4 aromatic rings. The topological polar surface area (TPSA) is 34.9 Å². The van der Waals surface area contributed by atoms with Crippen LogP contribution in [0.2, 0.25) is 0 Å². The summed E-state index contributed by atoms with van der Waals surface area (Å²) in [6.45, 7) is 2.61. The lowest BCUT2D eigenvalue weighted by atomic mass is 10.1. The molecule has 0 saturated heterocycles. The molecule has 0 bridgehead atoms. The molecule has 3 heteroatoms. The Morgan fingerprint density at radius 1 is 0.808 bits per heavy atom. The van der Waals surface area contributed by atoms with Gasteiger partial charge in [-0.05, 0) is 30.2 Å². The number of hydrogen-bond donors (Lipinski definition) is 0. The van der Waals surface area contributed by atoms with Crippen molar-refractivity contribution in [3.8, 4) is 0 Å². The van der Waals surface area contributed by atoms with Crippen molar-refractivity contribution >= 4 is 11.0 Å². The zero-order chi connectivity index (χ0) is 17.9. The van der Waals surface area contributed by atoms with Gasteiger partial charge in [0.1, 0.15) is 5.69 Å². The molecule has 0 aliphatic heterocycles. The van der Waals surface area contributed by atoms with Gasteiger partial charge in [-0.1, -0.05) is 72.3 Å². The lowest BCUT2D eigenvalue weighted by Gasteiger charge is -2.12. The number of hydrogen-bond acceptors (Lipinski definition) is 2. The molecule has 3 aromatic carbocycles. The van der Waals surface area contributed by atoms with Crippen LogP contribution in [0, 0.1) is 6.92 Å². The van der Waals surface area contributed by atoms with Crippen LogP contribution in [-0.4, -0.2) is 9.55 Å². The molecular formula is C23H20N2O. The third-order valence-corrected chi connectivity index (χ3v) is 4.60. The van der Waals surface area contributed by atoms with Gasteiger partial charge in [0.15, 0.2) is 0 Å². The molecule has 4 rings (SSSR count). The quantitative estimate of drug-likeness (QED) is 0.554. The first-order chi connectivity index (χ1) is 12.7. The Balaban J connectivity index is 1.82. The minimum atomic E-state index is -0.0203. The van der Waals surface area contributed by atoms with Gasteiger partial charge in [0, 0.05) is 6.42 Å². The summed E-state index contributed by atoms with van der Waals surface area (Å²) in [5, 5.41) is 0. The Labute approximate surface area is 152 Å². The van der Waals surface area contributed by atoms with Crippen LogP contribution in [0.4, 0.5) is 0 Å². The van der Waals surface area contributed by atoms with E-state index in [-0.39, 0.29) is 5.56 Å². The van der Waals surface area contributed by atoms with E-state index in [0.717, 1.165) is 22.2 Å². The average molecular weight is 340 g/mol. The van der Waals surface area contributed by atoms with Gasteiger partial charge in [-0.2, -0.15) is 0 Å². The first-order valence-electron chi connectivity index (χ1n) is 8.78. The molecule has 0 saturated carbocycles. The van der Waals surface area contributed by atoms with E-state index >= 15 is 0 Å². The molecular weight excluding hydrogens is 320 g/mol. The highest BCUT2D eigenvalue weighted by molar-refractivity contribution is 5.74. The van der Waals surface area contributed by atoms with Crippen molar-refractivity contribution in [2.75, 3.05) is 0 Å². The van der Waals surface area contributed by atoms with Gasteiger partial charge in [0.05, 0.1) is 17.6 Å². The molecule has 0 N–H and O–H groups in total. The lowest BCUT2D eigenvalue weighted by molar-refractivity contribution is 0.769.